The Labute approximate surface area is 290 Å². The summed E-state index contributed by atoms with van der Waals surface area (Å²) in [5.41, 5.74) is 3.69. The van der Waals surface area contributed by atoms with Crippen molar-refractivity contribution in [1.29, 1.82) is 0 Å². The topological polar surface area (TPSA) is 106 Å². The summed E-state index contributed by atoms with van der Waals surface area (Å²) in [5.74, 6) is 0.314. The van der Waals surface area contributed by atoms with Gasteiger partial charge in [0.15, 0.2) is 6.10 Å². The van der Waals surface area contributed by atoms with Crippen LogP contribution < -0.4 is 14.4 Å². The number of amides is 2. The highest BCUT2D eigenvalue weighted by atomic mass is 35.5. The Morgan fingerprint density at radius 1 is 1.17 bits per heavy atom. The number of aliphatic hydroxyl groups excluding tert-OH is 2. The molecule has 5 atom stereocenters. The molecule has 5 unspecified atom stereocenters. The molecular weight excluding hydrogens is 636 g/mol. The zero-order valence-electron chi connectivity index (χ0n) is 28.9. The number of ether oxygens (including phenoxy) is 1. The maximum atomic E-state index is 12.8. The average Bonchev–Trinajstić information content (AvgIpc) is 3.20. The third kappa shape index (κ3) is 11.1. The molecule has 3 rings (SSSR count). The highest BCUT2D eigenvalue weighted by Crippen LogP contribution is 2.39. The molecule has 0 spiro atoms. The van der Waals surface area contributed by atoms with Crippen LogP contribution in [0.15, 0.2) is 48.6 Å². The number of anilines is 1. The van der Waals surface area contributed by atoms with Gasteiger partial charge in [-0.15, -0.1) is 0 Å². The number of aryl methyl sites for hydroxylation is 1. The van der Waals surface area contributed by atoms with Crippen molar-refractivity contribution in [2.75, 3.05) is 52.3 Å². The van der Waals surface area contributed by atoms with Crippen LogP contribution in [0.4, 0.5) is 5.69 Å². The summed E-state index contributed by atoms with van der Waals surface area (Å²) in [4.78, 5) is 28.3. The van der Waals surface area contributed by atoms with E-state index in [4.69, 9.17) is 16.3 Å². The van der Waals surface area contributed by atoms with Gasteiger partial charge >= 0.3 is 0 Å². The van der Waals surface area contributed by atoms with Crippen LogP contribution in [0.25, 0.3) is 0 Å². The van der Waals surface area contributed by atoms with Crippen LogP contribution in [0, 0.1) is 11.8 Å². The van der Waals surface area contributed by atoms with E-state index in [9.17, 15) is 19.8 Å². The fraction of sp³-hybridized carbons (Fsp3) is 0.556. The number of hydrogen-bond donors (Lipinski definition) is 3. The molecule has 0 bridgehead atoms. The summed E-state index contributed by atoms with van der Waals surface area (Å²) >= 11 is 7.52. The molecule has 2 aromatic carbocycles. The van der Waals surface area contributed by atoms with E-state index in [0.29, 0.717) is 49.0 Å². The number of aliphatic hydroxyl groups is 2. The smallest absolute Gasteiger partial charge is 0.264 e. The molecule has 9 nitrogen and oxygen atoms in total. The minimum atomic E-state index is -1.35. The van der Waals surface area contributed by atoms with Crippen LogP contribution in [-0.2, 0) is 16.0 Å². The first-order valence-electron chi connectivity index (χ1n) is 16.5. The van der Waals surface area contributed by atoms with Crippen LogP contribution in [-0.4, -0.2) is 84.7 Å². The van der Waals surface area contributed by atoms with Crippen molar-refractivity contribution >= 4 is 41.2 Å². The lowest BCUT2D eigenvalue weighted by Crippen LogP contribution is -2.37. The van der Waals surface area contributed by atoms with Gasteiger partial charge in [-0.3, -0.25) is 14.3 Å². The van der Waals surface area contributed by atoms with Crippen molar-refractivity contribution in [2.45, 2.75) is 71.5 Å². The van der Waals surface area contributed by atoms with Crippen LogP contribution >= 0.6 is 23.7 Å². The molecule has 47 heavy (non-hydrogen) atoms. The lowest BCUT2D eigenvalue weighted by molar-refractivity contribution is -0.128. The molecule has 260 valence electrons. The summed E-state index contributed by atoms with van der Waals surface area (Å²) in [6, 6.07) is 11.5. The molecule has 2 amide bonds. The molecule has 0 saturated carbocycles. The van der Waals surface area contributed by atoms with Gasteiger partial charge in [-0.2, -0.15) is 0 Å². The second-order valence-electron chi connectivity index (χ2n) is 12.7. The summed E-state index contributed by atoms with van der Waals surface area (Å²) in [6.07, 6.45) is 5.16. The summed E-state index contributed by atoms with van der Waals surface area (Å²) in [5, 5.41) is 22.9. The Hall–Kier alpha value is -2.76. The number of halogens is 1. The van der Waals surface area contributed by atoms with Crippen molar-refractivity contribution in [3.05, 3.63) is 70.3 Å². The van der Waals surface area contributed by atoms with Crippen LogP contribution in [0.3, 0.4) is 0 Å². The van der Waals surface area contributed by atoms with Crippen LogP contribution in [0.5, 0.6) is 5.75 Å². The molecule has 3 N–H and O–H groups in total. The lowest BCUT2D eigenvalue weighted by atomic mass is 9.85. The summed E-state index contributed by atoms with van der Waals surface area (Å²) in [7, 11) is 5.39. The van der Waals surface area contributed by atoms with Crippen molar-refractivity contribution in [3.63, 3.8) is 0 Å². The first-order chi connectivity index (χ1) is 22.4. The van der Waals surface area contributed by atoms with E-state index < -0.39 is 18.1 Å². The average molecular weight is 689 g/mol. The van der Waals surface area contributed by atoms with Crippen LogP contribution in [0.1, 0.15) is 75.7 Å². The molecule has 0 fully saturated rings. The molecule has 2 aromatic rings. The summed E-state index contributed by atoms with van der Waals surface area (Å²) in [6.45, 7) is 10.3. The second kappa shape index (κ2) is 18.7. The normalized spacial score (nSPS) is 17.4. The minimum absolute atomic E-state index is 0.0168. The highest BCUT2D eigenvalue weighted by Gasteiger charge is 2.31. The van der Waals surface area contributed by atoms with Crippen molar-refractivity contribution in [1.82, 2.24) is 13.9 Å². The van der Waals surface area contributed by atoms with E-state index in [-0.39, 0.29) is 23.7 Å². The lowest BCUT2D eigenvalue weighted by Gasteiger charge is -2.34. The van der Waals surface area contributed by atoms with Crippen molar-refractivity contribution in [3.8, 4) is 5.75 Å². The maximum absolute atomic E-state index is 12.8. The monoisotopic (exact) mass is 688 g/mol. The number of rotatable bonds is 16. The number of carbonyl (C=O) groups excluding carboxylic acids is 2. The quantitative estimate of drug-likeness (QED) is 0.146. The Morgan fingerprint density at radius 2 is 1.91 bits per heavy atom. The minimum Gasteiger partial charge on any atom is -0.491 e. The van der Waals surface area contributed by atoms with Gasteiger partial charge in [0.1, 0.15) is 5.75 Å². The Kier molecular flexibility index (Phi) is 15.4. The van der Waals surface area contributed by atoms with Gasteiger partial charge in [0.2, 0.25) is 5.91 Å². The molecule has 1 aliphatic heterocycles. The van der Waals surface area contributed by atoms with Crippen molar-refractivity contribution in [2.24, 2.45) is 11.8 Å². The number of nitrogens with one attached hydrogen (secondary N) is 1. The number of carbonyl (C=O) groups is 2. The zero-order valence-corrected chi connectivity index (χ0v) is 30.5. The standard InChI is InChI=1S/C36H53ClN4O5S/c1-8-12-26-19-29(37)15-16-31(26)28-22-41(21-24(3)30(9-2)33(43)13-10-11-18-40(7)25(4)42)32-20-27(14-17-34(32)46-23-28)35(44)36(45)38-47-39(5)6/h10,13-17,19-20,24,28,30,33,35,43-44H,8-9,11-12,18,21-23H2,1-7H3,(H,38,45)/b13-10+. The predicted molar refractivity (Wildman–Crippen MR) is 193 cm³/mol. The summed E-state index contributed by atoms with van der Waals surface area (Å²) < 4.78 is 10.9. The van der Waals surface area contributed by atoms with Gasteiger partial charge in [0.25, 0.3) is 5.91 Å². The Bertz CT molecular complexity index is 1360. The highest BCUT2D eigenvalue weighted by molar-refractivity contribution is 7.95. The first-order valence-corrected chi connectivity index (χ1v) is 17.7. The zero-order chi connectivity index (χ0) is 34.7. The van der Waals surface area contributed by atoms with Gasteiger partial charge in [0, 0.05) is 56.7 Å². The Balaban J connectivity index is 1.93. The van der Waals surface area contributed by atoms with E-state index in [1.165, 1.54) is 11.1 Å². The van der Waals surface area contributed by atoms with E-state index in [1.807, 2.05) is 50.5 Å². The second-order valence-corrected chi connectivity index (χ2v) is 14.3. The fourth-order valence-corrected chi connectivity index (χ4v) is 6.69. The number of fused-ring (bicyclic) bond motifs is 1. The van der Waals surface area contributed by atoms with Crippen LogP contribution in [0.2, 0.25) is 5.02 Å². The van der Waals surface area contributed by atoms with Gasteiger partial charge in [-0.1, -0.05) is 69.5 Å². The predicted octanol–water partition coefficient (Wildman–Crippen LogP) is 6.00. The third-order valence-electron chi connectivity index (χ3n) is 8.81. The third-order valence-corrected chi connectivity index (χ3v) is 9.71. The SMILES string of the molecule is CCCc1cc(Cl)ccc1C1COc2ccc(C(O)C(=O)NSN(C)C)cc2N(CC(C)C(CC)C(O)/C=C/CCN(C)C(C)=O)C1. The largest absolute Gasteiger partial charge is 0.491 e. The van der Waals surface area contributed by atoms with E-state index in [0.717, 1.165) is 37.1 Å². The molecule has 1 heterocycles. The molecule has 0 radical (unpaired) electrons. The molecule has 1 aliphatic rings. The number of benzene rings is 2. The van der Waals surface area contributed by atoms with Crippen molar-refractivity contribution < 1.29 is 24.5 Å². The van der Waals surface area contributed by atoms with Gasteiger partial charge in [0.05, 0.1) is 18.4 Å². The van der Waals surface area contributed by atoms with E-state index in [1.54, 1.807) is 29.2 Å². The van der Waals surface area contributed by atoms with Gasteiger partial charge in [-0.25, -0.2) is 4.31 Å². The molecule has 0 aliphatic carbocycles. The maximum Gasteiger partial charge on any atom is 0.264 e. The fourth-order valence-electron chi connectivity index (χ4n) is 6.11. The molecular formula is C36H53ClN4O5S. The molecule has 0 aromatic heterocycles. The first kappa shape index (κ1) is 38.7. The number of hydrogen-bond acceptors (Lipinski definition) is 8. The van der Waals surface area contributed by atoms with Gasteiger partial charge < -0.3 is 24.7 Å². The molecule has 0 saturated heterocycles. The van der Waals surface area contributed by atoms with E-state index in [2.05, 4.69) is 36.5 Å². The number of nitrogens with zero attached hydrogens (tertiary/aromatic N) is 3. The molecule has 11 heteroatoms. The Morgan fingerprint density at radius 3 is 2.57 bits per heavy atom. The van der Waals surface area contributed by atoms with E-state index >= 15 is 0 Å². The van der Waals surface area contributed by atoms with Gasteiger partial charge in [-0.05, 0) is 79.7 Å².